The monoisotopic (exact) mass is 448 g/mol. The molecule has 6 nitrogen and oxygen atoms in total. The summed E-state index contributed by atoms with van der Waals surface area (Å²) >= 11 is 0.897. The number of imide groups is 1. The Labute approximate surface area is 191 Å². The van der Waals surface area contributed by atoms with Crippen LogP contribution in [0.3, 0.4) is 0 Å². The average molecular weight is 449 g/mol. The maximum absolute atomic E-state index is 12.5. The van der Waals surface area contributed by atoms with Gasteiger partial charge in [-0.25, -0.2) is 0 Å². The Balaban J connectivity index is 1.22. The van der Waals surface area contributed by atoms with Crippen molar-refractivity contribution in [1.29, 1.82) is 0 Å². The first-order chi connectivity index (χ1) is 15.5. The Hall–Kier alpha value is -3.19. The Morgan fingerprint density at radius 2 is 1.78 bits per heavy atom. The van der Waals surface area contributed by atoms with Crippen LogP contribution in [-0.4, -0.2) is 40.8 Å². The number of Topliss-reactive ketones (excluding diaryl/α,β-unsaturated/α-hetero) is 1. The molecular formula is C25H24N2O4S. The number of hydrogen-bond acceptors (Lipinski definition) is 5. The molecule has 0 atom stereocenters. The molecule has 7 heteroatoms. The van der Waals surface area contributed by atoms with Gasteiger partial charge in [0.05, 0.1) is 4.91 Å². The van der Waals surface area contributed by atoms with E-state index in [2.05, 4.69) is 5.32 Å². The van der Waals surface area contributed by atoms with Crippen LogP contribution in [0.5, 0.6) is 0 Å². The van der Waals surface area contributed by atoms with Crippen LogP contribution in [0.4, 0.5) is 4.79 Å². The van der Waals surface area contributed by atoms with E-state index in [0.29, 0.717) is 10.5 Å². The van der Waals surface area contributed by atoms with Crippen molar-refractivity contribution in [3.05, 3.63) is 75.7 Å². The minimum Gasteiger partial charge on any atom is -0.354 e. The molecule has 0 saturated carbocycles. The first-order valence-corrected chi connectivity index (χ1v) is 11.5. The Bertz CT molecular complexity index is 1090. The molecule has 1 aliphatic heterocycles. The lowest BCUT2D eigenvalue weighted by Gasteiger charge is -2.13. The third-order valence-electron chi connectivity index (χ3n) is 5.63. The van der Waals surface area contributed by atoms with Gasteiger partial charge >= 0.3 is 0 Å². The van der Waals surface area contributed by atoms with E-state index < -0.39 is 0 Å². The molecule has 0 unspecified atom stereocenters. The molecule has 0 radical (unpaired) electrons. The number of carbonyl (C=O) groups excluding carboxylic acids is 4. The van der Waals surface area contributed by atoms with E-state index in [1.165, 1.54) is 11.1 Å². The van der Waals surface area contributed by atoms with Crippen molar-refractivity contribution in [3.8, 4) is 0 Å². The van der Waals surface area contributed by atoms with E-state index in [9.17, 15) is 19.2 Å². The standard InChI is InChI=1S/C25H24N2O4S/c28-21(20-10-9-18-7-4-8-19(18)16-20)11-12-23(29)26-13-14-27-24(30)22(32-25(27)31)15-17-5-2-1-3-6-17/h1-3,5-6,9-10,15-16H,4,7-8,11-14H2,(H,26,29). The number of hydrogen-bond donors (Lipinski definition) is 1. The quantitative estimate of drug-likeness (QED) is 0.488. The first kappa shape index (κ1) is 22.0. The van der Waals surface area contributed by atoms with Gasteiger partial charge in [-0.1, -0.05) is 42.5 Å². The van der Waals surface area contributed by atoms with Gasteiger partial charge in [-0.15, -0.1) is 0 Å². The summed E-state index contributed by atoms with van der Waals surface area (Å²) in [5.74, 6) is -0.678. The minimum absolute atomic E-state index is 0.0492. The lowest BCUT2D eigenvalue weighted by atomic mass is 10.0. The number of benzene rings is 2. The van der Waals surface area contributed by atoms with Gasteiger partial charge in [0.2, 0.25) is 5.91 Å². The van der Waals surface area contributed by atoms with Crippen molar-refractivity contribution in [2.75, 3.05) is 13.1 Å². The molecule has 1 aliphatic carbocycles. The minimum atomic E-state index is -0.357. The summed E-state index contributed by atoms with van der Waals surface area (Å²) in [6, 6.07) is 15.1. The van der Waals surface area contributed by atoms with Crippen LogP contribution in [0.15, 0.2) is 53.4 Å². The summed E-state index contributed by atoms with van der Waals surface area (Å²) in [4.78, 5) is 50.8. The molecule has 2 aliphatic rings. The van der Waals surface area contributed by atoms with E-state index in [1.54, 1.807) is 6.08 Å². The highest BCUT2D eigenvalue weighted by molar-refractivity contribution is 8.18. The highest BCUT2D eigenvalue weighted by Crippen LogP contribution is 2.31. The molecular weight excluding hydrogens is 424 g/mol. The molecule has 1 N–H and O–H groups in total. The summed E-state index contributed by atoms with van der Waals surface area (Å²) in [6.07, 6.45) is 5.09. The highest BCUT2D eigenvalue weighted by atomic mass is 32.2. The fraction of sp³-hybridized carbons (Fsp3) is 0.280. The van der Waals surface area contributed by atoms with Crippen LogP contribution in [0.2, 0.25) is 0 Å². The summed E-state index contributed by atoms with van der Waals surface area (Å²) < 4.78 is 0. The topological polar surface area (TPSA) is 83.6 Å². The molecule has 0 bridgehead atoms. The second kappa shape index (κ2) is 9.96. The highest BCUT2D eigenvalue weighted by Gasteiger charge is 2.34. The normalized spacial score (nSPS) is 16.5. The van der Waals surface area contributed by atoms with Gasteiger partial charge in [0, 0.05) is 31.5 Å². The summed E-state index contributed by atoms with van der Waals surface area (Å²) in [6.45, 7) is 0.254. The lowest BCUT2D eigenvalue weighted by molar-refractivity contribution is -0.124. The van der Waals surface area contributed by atoms with Crippen LogP contribution in [-0.2, 0) is 22.4 Å². The maximum Gasteiger partial charge on any atom is 0.293 e. The Kier molecular flexibility index (Phi) is 6.85. The summed E-state index contributed by atoms with van der Waals surface area (Å²) in [5, 5.41) is 2.35. The van der Waals surface area contributed by atoms with Crippen molar-refractivity contribution in [3.63, 3.8) is 0 Å². The van der Waals surface area contributed by atoms with Crippen molar-refractivity contribution in [2.45, 2.75) is 32.1 Å². The van der Waals surface area contributed by atoms with Crippen LogP contribution in [0, 0.1) is 0 Å². The molecule has 0 spiro atoms. The number of carbonyl (C=O) groups is 4. The number of thioether (sulfide) groups is 1. The maximum atomic E-state index is 12.5. The van der Waals surface area contributed by atoms with Gasteiger partial charge in [0.25, 0.3) is 11.1 Å². The number of amides is 3. The number of rotatable bonds is 8. The number of aryl methyl sites for hydroxylation is 2. The van der Waals surface area contributed by atoms with Crippen LogP contribution in [0.25, 0.3) is 6.08 Å². The van der Waals surface area contributed by atoms with Gasteiger partial charge in [-0.3, -0.25) is 24.1 Å². The number of nitrogens with one attached hydrogen (secondary N) is 1. The number of nitrogens with zero attached hydrogens (tertiary/aromatic N) is 1. The first-order valence-electron chi connectivity index (χ1n) is 10.7. The zero-order valence-electron chi connectivity index (χ0n) is 17.6. The van der Waals surface area contributed by atoms with Gasteiger partial charge in [0.15, 0.2) is 5.78 Å². The largest absolute Gasteiger partial charge is 0.354 e. The molecule has 0 aromatic heterocycles. The number of fused-ring (bicyclic) bond motifs is 1. The second-order valence-corrected chi connectivity index (χ2v) is 8.85. The predicted octanol–water partition coefficient (Wildman–Crippen LogP) is 3.99. The fourth-order valence-corrected chi connectivity index (χ4v) is 4.77. The van der Waals surface area contributed by atoms with Gasteiger partial charge in [0.1, 0.15) is 0 Å². The van der Waals surface area contributed by atoms with Crippen molar-refractivity contribution in [2.24, 2.45) is 0 Å². The Morgan fingerprint density at radius 1 is 1.00 bits per heavy atom. The van der Waals surface area contributed by atoms with Gasteiger partial charge < -0.3 is 5.32 Å². The van der Waals surface area contributed by atoms with Crippen LogP contribution >= 0.6 is 11.8 Å². The third-order valence-corrected chi connectivity index (χ3v) is 6.54. The zero-order valence-corrected chi connectivity index (χ0v) is 18.5. The van der Waals surface area contributed by atoms with Crippen molar-refractivity contribution < 1.29 is 19.2 Å². The summed E-state index contributed by atoms with van der Waals surface area (Å²) in [7, 11) is 0. The van der Waals surface area contributed by atoms with E-state index in [4.69, 9.17) is 0 Å². The van der Waals surface area contributed by atoms with Crippen LogP contribution in [0.1, 0.15) is 46.3 Å². The molecule has 2 aromatic rings. The predicted molar refractivity (Wildman–Crippen MR) is 124 cm³/mol. The van der Waals surface area contributed by atoms with E-state index in [0.717, 1.165) is 41.5 Å². The fourth-order valence-electron chi connectivity index (χ4n) is 3.91. The van der Waals surface area contributed by atoms with E-state index in [-0.39, 0.29) is 48.8 Å². The smallest absolute Gasteiger partial charge is 0.293 e. The molecule has 1 saturated heterocycles. The van der Waals surface area contributed by atoms with E-state index >= 15 is 0 Å². The molecule has 2 aromatic carbocycles. The lowest BCUT2D eigenvalue weighted by Crippen LogP contribution is -2.37. The van der Waals surface area contributed by atoms with Crippen molar-refractivity contribution >= 4 is 40.7 Å². The van der Waals surface area contributed by atoms with Crippen LogP contribution < -0.4 is 5.32 Å². The molecule has 32 heavy (non-hydrogen) atoms. The molecule has 1 fully saturated rings. The van der Waals surface area contributed by atoms with Gasteiger partial charge in [-0.2, -0.15) is 0 Å². The molecule has 3 amide bonds. The molecule has 4 rings (SSSR count). The molecule has 1 heterocycles. The summed E-state index contributed by atoms with van der Waals surface area (Å²) in [5.41, 5.74) is 4.05. The SMILES string of the molecule is O=C(CCC(=O)c1ccc2c(c1)CCC2)NCCN1C(=O)SC(=Cc2ccccc2)C1=O. The molecule has 164 valence electrons. The van der Waals surface area contributed by atoms with Crippen molar-refractivity contribution in [1.82, 2.24) is 10.2 Å². The Morgan fingerprint density at radius 3 is 2.59 bits per heavy atom. The third kappa shape index (κ3) is 5.16. The second-order valence-electron chi connectivity index (χ2n) is 7.85. The zero-order chi connectivity index (χ0) is 22.5. The average Bonchev–Trinajstić information content (AvgIpc) is 3.37. The van der Waals surface area contributed by atoms with E-state index in [1.807, 2.05) is 48.5 Å². The van der Waals surface area contributed by atoms with Gasteiger partial charge in [-0.05, 0) is 59.9 Å². The number of ketones is 1.